The van der Waals surface area contributed by atoms with Gasteiger partial charge in [-0.2, -0.15) is 0 Å². The predicted molar refractivity (Wildman–Crippen MR) is 225 cm³/mol. The third-order valence-corrected chi connectivity index (χ3v) is 11.3. The molecule has 4 aromatic carbocycles. The van der Waals surface area contributed by atoms with E-state index in [2.05, 4.69) is 32.6 Å². The average molecular weight is 986 g/mol. The minimum absolute atomic E-state index is 0.00772. The number of primary sulfonamides is 2. The Morgan fingerprint density at radius 3 is 1.36 bits per heavy atom. The summed E-state index contributed by atoms with van der Waals surface area (Å²) in [5.41, 5.74) is 3.35. The summed E-state index contributed by atoms with van der Waals surface area (Å²) < 4.78 is 46.9. The number of aromatic nitrogens is 2. The monoisotopic (exact) mass is 984 g/mol. The first kappa shape index (κ1) is 44.9. The van der Waals surface area contributed by atoms with Crippen molar-refractivity contribution in [1.82, 2.24) is 9.97 Å². The molecule has 0 aliphatic heterocycles. The van der Waals surface area contributed by atoms with Crippen molar-refractivity contribution in [2.24, 2.45) is 10.3 Å². The van der Waals surface area contributed by atoms with Crippen LogP contribution in [0.5, 0.6) is 0 Å². The number of halogens is 5. The second kappa shape index (κ2) is 19.6. The average Bonchev–Trinajstić information content (AvgIpc) is 3.14. The van der Waals surface area contributed by atoms with Gasteiger partial charge in [0.2, 0.25) is 20.0 Å². The summed E-state index contributed by atoms with van der Waals surface area (Å²) in [6.45, 7) is 0. The molecule has 0 aliphatic rings. The van der Waals surface area contributed by atoms with Gasteiger partial charge in [0, 0.05) is 38.2 Å². The van der Waals surface area contributed by atoms with Crippen molar-refractivity contribution in [3.63, 3.8) is 0 Å². The number of rotatable bonds is 8. The lowest BCUT2D eigenvalue weighted by Gasteiger charge is -2.07. The molecule has 6 rings (SSSR count). The molecular weight excluding hydrogens is 960 g/mol. The Morgan fingerprint density at radius 1 is 0.554 bits per heavy atom. The highest BCUT2D eigenvalue weighted by Gasteiger charge is 2.19. The fraction of sp³-hybridized carbons (Fsp3) is 0. The molecule has 0 fully saturated rings. The van der Waals surface area contributed by atoms with Gasteiger partial charge in [0.25, 0.3) is 0 Å². The Morgan fingerprint density at radius 2 is 0.964 bits per heavy atom. The quantitative estimate of drug-likeness (QED) is 0.0588. The van der Waals surface area contributed by atoms with E-state index in [1.807, 2.05) is 0 Å². The Kier molecular flexibility index (Phi) is 15.7. The van der Waals surface area contributed by atoms with E-state index in [-0.39, 0.29) is 47.7 Å². The Bertz CT molecular complexity index is 2620. The van der Waals surface area contributed by atoms with E-state index < -0.39 is 27.2 Å². The van der Waals surface area contributed by atoms with Crippen LogP contribution in [-0.2, 0) is 20.0 Å². The smallest absolute Gasteiger partial charge is 0.423 e. The molecule has 0 aliphatic carbocycles. The van der Waals surface area contributed by atoms with Gasteiger partial charge in [0.15, 0.2) is 11.6 Å². The number of ketones is 2. The van der Waals surface area contributed by atoms with Crippen LogP contribution in [0.15, 0.2) is 131 Å². The zero-order chi connectivity index (χ0) is 41.4. The molecular formula is C36H26BCl4IN4O8S2. The lowest BCUT2D eigenvalue weighted by molar-refractivity contribution is 0.103. The molecule has 0 saturated carbocycles. The molecule has 0 bridgehead atoms. The minimum Gasteiger partial charge on any atom is -0.423 e. The van der Waals surface area contributed by atoms with Crippen LogP contribution in [0.2, 0.25) is 20.4 Å². The van der Waals surface area contributed by atoms with Crippen LogP contribution < -0.4 is 15.7 Å². The highest BCUT2D eigenvalue weighted by molar-refractivity contribution is 14.1. The van der Waals surface area contributed by atoms with Gasteiger partial charge >= 0.3 is 7.12 Å². The summed E-state index contributed by atoms with van der Waals surface area (Å²) in [6.07, 6.45) is 3.01. The van der Waals surface area contributed by atoms with Crippen molar-refractivity contribution in [2.45, 2.75) is 9.79 Å². The molecule has 12 nitrogen and oxygen atoms in total. The van der Waals surface area contributed by atoms with E-state index in [0.29, 0.717) is 21.7 Å². The lowest BCUT2D eigenvalue weighted by Crippen LogP contribution is -2.29. The van der Waals surface area contributed by atoms with Gasteiger partial charge in [-0.3, -0.25) is 9.59 Å². The van der Waals surface area contributed by atoms with E-state index in [4.69, 9.17) is 66.7 Å². The lowest BCUT2D eigenvalue weighted by atomic mass is 9.81. The molecule has 0 atom stereocenters. The molecule has 6 N–H and O–H groups in total. The van der Waals surface area contributed by atoms with Crippen molar-refractivity contribution in [3.05, 3.63) is 168 Å². The molecule has 56 heavy (non-hydrogen) atoms. The third-order valence-electron chi connectivity index (χ3n) is 7.36. The fourth-order valence-electron chi connectivity index (χ4n) is 4.63. The summed E-state index contributed by atoms with van der Waals surface area (Å²) in [5, 5.41) is 28.0. The molecule has 288 valence electrons. The van der Waals surface area contributed by atoms with Gasteiger partial charge in [-0.15, -0.1) is 0 Å². The number of nitrogens with two attached hydrogens (primary N) is 2. The summed E-state index contributed by atoms with van der Waals surface area (Å²) in [6, 6.07) is 28.2. The molecule has 2 aromatic heterocycles. The highest BCUT2D eigenvalue weighted by Crippen LogP contribution is 2.26. The normalized spacial score (nSPS) is 11.0. The van der Waals surface area contributed by atoms with Crippen molar-refractivity contribution in [3.8, 4) is 11.1 Å². The maximum absolute atomic E-state index is 12.6. The SMILES string of the molecule is NS(=O)(=O)c1cc(C(=O)c2ccc(-c3ccnc(Cl)c3)cc2)ccc1Cl.NS(=O)(=O)c1cc(C(=O)c2ccc(I)cc2)ccc1Cl.OB(O)c1ccnc(Cl)c1. The molecule has 0 amide bonds. The van der Waals surface area contributed by atoms with Gasteiger partial charge < -0.3 is 10.0 Å². The van der Waals surface area contributed by atoms with Crippen LogP contribution >= 0.6 is 69.0 Å². The predicted octanol–water partition coefficient (Wildman–Crippen LogP) is 6.17. The molecule has 2 heterocycles. The minimum atomic E-state index is -4.02. The van der Waals surface area contributed by atoms with Crippen molar-refractivity contribution in [2.75, 3.05) is 0 Å². The molecule has 0 spiro atoms. The van der Waals surface area contributed by atoms with E-state index in [9.17, 15) is 26.4 Å². The van der Waals surface area contributed by atoms with Crippen LogP contribution in [0.4, 0.5) is 0 Å². The van der Waals surface area contributed by atoms with Crippen molar-refractivity contribution < 1.29 is 36.5 Å². The zero-order valence-corrected chi connectivity index (χ0v) is 35.0. The van der Waals surface area contributed by atoms with Crippen LogP contribution in [0.3, 0.4) is 0 Å². The fourth-order valence-corrected chi connectivity index (χ4v) is 7.49. The van der Waals surface area contributed by atoms with E-state index in [0.717, 1.165) is 14.7 Å². The molecule has 0 radical (unpaired) electrons. The van der Waals surface area contributed by atoms with Gasteiger partial charge in [0.1, 0.15) is 20.1 Å². The zero-order valence-electron chi connectivity index (χ0n) is 28.2. The van der Waals surface area contributed by atoms with Crippen LogP contribution in [0, 0.1) is 3.57 Å². The topological polar surface area (TPSA) is 221 Å². The molecule has 0 unspecified atom stereocenters. The maximum Gasteiger partial charge on any atom is 0.488 e. The number of sulfonamides is 2. The largest absolute Gasteiger partial charge is 0.488 e. The van der Waals surface area contributed by atoms with Crippen LogP contribution in [0.25, 0.3) is 11.1 Å². The second-order valence-electron chi connectivity index (χ2n) is 11.3. The van der Waals surface area contributed by atoms with Crippen molar-refractivity contribution in [1.29, 1.82) is 0 Å². The number of pyridine rings is 2. The Balaban J connectivity index is 0.000000205. The first-order valence-corrected chi connectivity index (χ1v) is 21.1. The van der Waals surface area contributed by atoms with Crippen molar-refractivity contribution >= 4 is 113 Å². The van der Waals surface area contributed by atoms with Crippen LogP contribution in [0.1, 0.15) is 31.8 Å². The number of carbonyl (C=O) groups is 2. The summed E-state index contributed by atoms with van der Waals surface area (Å²) in [7, 11) is -9.46. The molecule has 20 heteroatoms. The maximum atomic E-state index is 12.6. The van der Waals surface area contributed by atoms with Gasteiger partial charge in [0.05, 0.1) is 10.0 Å². The summed E-state index contributed by atoms with van der Waals surface area (Å²) in [5.74, 6) is -0.631. The first-order chi connectivity index (χ1) is 26.2. The summed E-state index contributed by atoms with van der Waals surface area (Å²) >= 11 is 25.1. The number of hydrogen-bond donors (Lipinski definition) is 4. The second-order valence-corrected chi connectivity index (χ2v) is 17.2. The molecule has 6 aromatic rings. The number of hydrogen-bond acceptors (Lipinski definition) is 10. The van der Waals surface area contributed by atoms with Gasteiger partial charge in [-0.05, 0) is 124 Å². The summed E-state index contributed by atoms with van der Waals surface area (Å²) in [4.78, 5) is 31.9. The number of nitrogens with zero attached hydrogens (tertiary/aromatic N) is 2. The standard InChI is InChI=1S/C18H12Cl2N2O3S.C13H9ClINO3S.C5H5BClNO2/c19-15-6-5-14(9-16(15)26(21,24)25)18(23)12-3-1-11(2-4-12)13-7-8-22-17(20)10-13;14-11-6-3-9(7-12(11)20(16,18)19)13(17)8-1-4-10(15)5-2-8;7-5-3-4(6(9)10)1-2-8-5/h1-10H,(H2,21,24,25);1-7H,(H2,16,18,19);1-3,9-10H. The highest BCUT2D eigenvalue weighted by atomic mass is 127. The Labute approximate surface area is 355 Å². The van der Waals surface area contributed by atoms with E-state index in [1.165, 1.54) is 54.7 Å². The van der Waals surface area contributed by atoms with E-state index >= 15 is 0 Å². The van der Waals surface area contributed by atoms with E-state index in [1.54, 1.807) is 66.9 Å². The third kappa shape index (κ3) is 12.6. The van der Waals surface area contributed by atoms with Gasteiger partial charge in [-0.1, -0.05) is 70.7 Å². The van der Waals surface area contributed by atoms with Crippen LogP contribution in [-0.4, -0.2) is 55.5 Å². The Hall–Kier alpha value is -3.79. The number of carbonyl (C=O) groups excluding carboxylic acids is 2. The number of benzene rings is 4. The molecule has 0 saturated heterocycles. The van der Waals surface area contributed by atoms with Gasteiger partial charge in [-0.25, -0.2) is 37.1 Å². The first-order valence-electron chi connectivity index (χ1n) is 15.4.